The number of aliphatic hydroxyl groups is 2. The Labute approximate surface area is 262 Å². The van der Waals surface area contributed by atoms with Crippen molar-refractivity contribution in [1.29, 1.82) is 0 Å². The molecule has 3 heteroatoms. The van der Waals surface area contributed by atoms with Crippen LogP contribution in [0, 0.1) is 10.8 Å². The normalized spacial score (nSPS) is 30.8. The minimum atomic E-state index is -0.381. The predicted octanol–water partition coefficient (Wildman–Crippen LogP) is 9.76. The van der Waals surface area contributed by atoms with Gasteiger partial charge in [0.15, 0.2) is 0 Å². The summed E-state index contributed by atoms with van der Waals surface area (Å²) < 4.78 is 6.46. The molecule has 234 valence electrons. The van der Waals surface area contributed by atoms with Gasteiger partial charge in [-0.15, -0.1) is 0 Å². The number of hydrogen-bond donors (Lipinski definition) is 2. The second kappa shape index (κ2) is 14.4. The fourth-order valence-corrected chi connectivity index (χ4v) is 7.02. The number of aliphatic hydroxyl groups excluding tert-OH is 2. The molecular weight excluding hydrogens is 528 g/mol. The first kappa shape index (κ1) is 34.8. The van der Waals surface area contributed by atoms with Crippen molar-refractivity contribution in [1.82, 2.24) is 0 Å². The Morgan fingerprint density at radius 1 is 0.721 bits per heavy atom. The molecule has 3 nitrogen and oxygen atoms in total. The van der Waals surface area contributed by atoms with Crippen molar-refractivity contribution in [3.8, 4) is 0 Å². The fraction of sp³-hybridized carbons (Fsp3) is 0.500. The maximum absolute atomic E-state index is 10.4. The molecule has 1 aliphatic heterocycles. The fourth-order valence-electron chi connectivity index (χ4n) is 7.02. The van der Waals surface area contributed by atoms with E-state index in [0.717, 1.165) is 19.3 Å². The Morgan fingerprint density at radius 3 is 1.86 bits per heavy atom. The lowest BCUT2D eigenvalue weighted by Gasteiger charge is -2.44. The Balaban J connectivity index is 1.52. The number of rotatable bonds is 9. The molecule has 0 aromatic heterocycles. The van der Waals surface area contributed by atoms with E-state index in [-0.39, 0.29) is 34.7 Å². The van der Waals surface area contributed by atoms with Crippen molar-refractivity contribution in [3.63, 3.8) is 0 Å². The summed E-state index contributed by atoms with van der Waals surface area (Å²) in [6.45, 7) is 21.6. The lowest BCUT2D eigenvalue weighted by Crippen LogP contribution is -2.45. The van der Waals surface area contributed by atoms with Gasteiger partial charge in [-0.05, 0) is 94.4 Å². The quantitative estimate of drug-likeness (QED) is 0.209. The van der Waals surface area contributed by atoms with E-state index < -0.39 is 0 Å². The third-order valence-corrected chi connectivity index (χ3v) is 9.08. The predicted molar refractivity (Wildman–Crippen MR) is 184 cm³/mol. The van der Waals surface area contributed by atoms with E-state index in [2.05, 4.69) is 148 Å². The summed E-state index contributed by atoms with van der Waals surface area (Å²) in [5, 5.41) is 20.5. The topological polar surface area (TPSA) is 49.7 Å². The Morgan fingerprint density at radius 2 is 1.26 bits per heavy atom. The van der Waals surface area contributed by atoms with E-state index in [4.69, 9.17) is 4.74 Å². The minimum absolute atomic E-state index is 0.00171. The van der Waals surface area contributed by atoms with Crippen LogP contribution >= 0.6 is 0 Å². The summed E-state index contributed by atoms with van der Waals surface area (Å²) >= 11 is 0. The second-order valence-electron chi connectivity index (χ2n) is 14.5. The third kappa shape index (κ3) is 9.63. The van der Waals surface area contributed by atoms with Crippen molar-refractivity contribution in [2.45, 2.75) is 119 Å². The zero-order valence-corrected chi connectivity index (χ0v) is 28.4. The van der Waals surface area contributed by atoms with E-state index in [9.17, 15) is 10.2 Å². The highest BCUT2D eigenvalue weighted by molar-refractivity contribution is 5.39. The van der Waals surface area contributed by atoms with Gasteiger partial charge >= 0.3 is 0 Å². The average Bonchev–Trinajstić information content (AvgIpc) is 3.23. The molecule has 0 bridgehead atoms. The monoisotopic (exact) mass is 584 g/mol. The summed E-state index contributed by atoms with van der Waals surface area (Å²) in [6.07, 6.45) is 30.2. The highest BCUT2D eigenvalue weighted by Gasteiger charge is 2.50. The van der Waals surface area contributed by atoms with Crippen LogP contribution in [0.5, 0.6) is 0 Å². The maximum atomic E-state index is 10.4. The van der Waals surface area contributed by atoms with Crippen molar-refractivity contribution >= 4 is 0 Å². The van der Waals surface area contributed by atoms with Crippen LogP contribution in [0.15, 0.2) is 118 Å². The number of hydrogen-bond acceptors (Lipinski definition) is 3. The summed E-state index contributed by atoms with van der Waals surface area (Å²) in [4.78, 5) is 0. The van der Waals surface area contributed by atoms with Gasteiger partial charge < -0.3 is 14.9 Å². The van der Waals surface area contributed by atoms with Gasteiger partial charge in [0.1, 0.15) is 0 Å². The molecule has 0 spiro atoms. The average molecular weight is 585 g/mol. The van der Waals surface area contributed by atoms with Gasteiger partial charge in [-0.25, -0.2) is 0 Å². The highest BCUT2D eigenvalue weighted by Crippen LogP contribution is 2.52. The van der Waals surface area contributed by atoms with Crippen LogP contribution in [0.2, 0.25) is 0 Å². The second-order valence-corrected chi connectivity index (χ2v) is 14.5. The SMILES string of the molecule is CC1=C(/C=C/C(C)=C/C=C/C(C)=C/C=C/C=C(C)/C=C/C=C(/C)[C@@H]2C=C3C(C)(C)C[C@H](O)C[C@@]3(C)O2)C(C)(C)C[C@H](O)C1. The van der Waals surface area contributed by atoms with Crippen LogP contribution in [-0.2, 0) is 4.74 Å². The van der Waals surface area contributed by atoms with Crippen molar-refractivity contribution in [2.24, 2.45) is 10.8 Å². The van der Waals surface area contributed by atoms with Crippen LogP contribution in [0.4, 0.5) is 0 Å². The van der Waals surface area contributed by atoms with Crippen LogP contribution in [0.25, 0.3) is 0 Å². The molecule has 0 aromatic rings. The van der Waals surface area contributed by atoms with Crippen LogP contribution in [0.3, 0.4) is 0 Å². The molecule has 2 aliphatic carbocycles. The van der Waals surface area contributed by atoms with Gasteiger partial charge in [-0.2, -0.15) is 0 Å². The first-order chi connectivity index (χ1) is 20.0. The van der Waals surface area contributed by atoms with Gasteiger partial charge in [0.25, 0.3) is 0 Å². The van der Waals surface area contributed by atoms with Gasteiger partial charge in [0, 0.05) is 6.42 Å². The molecule has 0 amide bonds. The van der Waals surface area contributed by atoms with E-state index in [1.807, 2.05) is 0 Å². The molecule has 1 heterocycles. The Bertz CT molecular complexity index is 1330. The largest absolute Gasteiger partial charge is 0.393 e. The zero-order valence-electron chi connectivity index (χ0n) is 28.4. The van der Waals surface area contributed by atoms with Gasteiger partial charge in [-0.3, -0.25) is 0 Å². The van der Waals surface area contributed by atoms with Crippen LogP contribution in [0.1, 0.15) is 94.9 Å². The molecule has 0 aromatic carbocycles. The Hall–Kier alpha value is -2.72. The number of allylic oxidation sites excluding steroid dienone is 16. The first-order valence-electron chi connectivity index (χ1n) is 15.9. The first-order valence-corrected chi connectivity index (χ1v) is 15.9. The van der Waals surface area contributed by atoms with Crippen molar-refractivity contribution in [2.75, 3.05) is 0 Å². The smallest absolute Gasteiger partial charge is 0.0982 e. The standard InChI is InChI=1S/C40H56O3/c1-28(17-13-18-30(3)21-22-35-32(5)23-33(41)25-38(35,6)7)15-11-12-16-29(2)19-14-20-31(4)36-24-37-39(8,9)26-34(42)27-40(37,10)43-36/h11-22,24,33-34,36,41-42H,23,25-27H2,1-10H3/b12-11+,17-13+,19-14+,22-21+,28-15+,29-16+,30-18+,31-20-/t33-,34+,36+,40-/m1/s1. The summed E-state index contributed by atoms with van der Waals surface area (Å²) in [5.41, 5.74) is 8.25. The summed E-state index contributed by atoms with van der Waals surface area (Å²) in [5.74, 6) is 0. The summed E-state index contributed by atoms with van der Waals surface area (Å²) in [7, 11) is 0. The lowest BCUT2D eigenvalue weighted by atomic mass is 9.65. The molecule has 0 saturated heterocycles. The zero-order chi connectivity index (χ0) is 32.0. The van der Waals surface area contributed by atoms with Gasteiger partial charge in [-0.1, -0.05) is 123 Å². The molecular formula is C40H56O3. The van der Waals surface area contributed by atoms with E-state index in [1.54, 1.807) is 0 Å². The Kier molecular flexibility index (Phi) is 11.6. The minimum Gasteiger partial charge on any atom is -0.393 e. The molecule has 3 aliphatic rings. The molecule has 43 heavy (non-hydrogen) atoms. The van der Waals surface area contributed by atoms with E-state index >= 15 is 0 Å². The van der Waals surface area contributed by atoms with Crippen LogP contribution < -0.4 is 0 Å². The molecule has 2 N–H and O–H groups in total. The van der Waals surface area contributed by atoms with E-state index in [0.29, 0.717) is 6.42 Å². The highest BCUT2D eigenvalue weighted by atomic mass is 16.5. The third-order valence-electron chi connectivity index (χ3n) is 9.08. The van der Waals surface area contributed by atoms with Crippen molar-refractivity contribution in [3.05, 3.63) is 118 Å². The van der Waals surface area contributed by atoms with Gasteiger partial charge in [0.05, 0.1) is 23.9 Å². The molecule has 3 rings (SSSR count). The molecule has 1 saturated carbocycles. The van der Waals surface area contributed by atoms with E-state index in [1.165, 1.54) is 39.0 Å². The lowest BCUT2D eigenvalue weighted by molar-refractivity contribution is -0.0683. The summed E-state index contributed by atoms with van der Waals surface area (Å²) in [6, 6.07) is 0. The number of fused-ring (bicyclic) bond motifs is 1. The maximum Gasteiger partial charge on any atom is 0.0982 e. The number of ether oxygens (including phenoxy) is 1. The molecule has 4 atom stereocenters. The van der Waals surface area contributed by atoms with Crippen LogP contribution in [-0.4, -0.2) is 34.1 Å². The molecule has 0 unspecified atom stereocenters. The van der Waals surface area contributed by atoms with Gasteiger partial charge in [0.2, 0.25) is 0 Å². The molecule has 0 radical (unpaired) electrons. The molecule has 1 fully saturated rings. The van der Waals surface area contributed by atoms with Crippen molar-refractivity contribution < 1.29 is 14.9 Å².